The number of para-hydroxylation sites is 1. The maximum atomic E-state index is 14.3. The van der Waals surface area contributed by atoms with Gasteiger partial charge in [-0.3, -0.25) is 14.6 Å². The smallest absolute Gasteiger partial charge is 0.336 e. The zero-order valence-corrected chi connectivity index (χ0v) is 22.9. The summed E-state index contributed by atoms with van der Waals surface area (Å²) in [5.41, 5.74) is 3.01. The van der Waals surface area contributed by atoms with Gasteiger partial charge in [0.05, 0.1) is 31.8 Å². The summed E-state index contributed by atoms with van der Waals surface area (Å²) in [4.78, 5) is 45.6. The summed E-state index contributed by atoms with van der Waals surface area (Å²) in [6.07, 6.45) is 0.348. The van der Waals surface area contributed by atoms with E-state index in [1.54, 1.807) is 27.9 Å². The number of benzene rings is 2. The molecule has 7 nitrogen and oxygen atoms in total. The van der Waals surface area contributed by atoms with Gasteiger partial charge >= 0.3 is 11.9 Å². The summed E-state index contributed by atoms with van der Waals surface area (Å²) < 4.78 is 17.2. The van der Waals surface area contributed by atoms with Crippen LogP contribution in [-0.4, -0.2) is 43.8 Å². The van der Waals surface area contributed by atoms with Crippen molar-refractivity contribution in [1.29, 1.82) is 0 Å². The number of halogens is 1. The summed E-state index contributed by atoms with van der Waals surface area (Å²) in [6.45, 7) is 5.56. The molecular formula is C29H30BrNO6. The quantitative estimate of drug-likeness (QED) is 0.329. The number of nitrogens with zero attached hydrogens (tertiary/aromatic N) is 1. The zero-order chi connectivity index (χ0) is 26.7. The Balaban J connectivity index is 1.91. The molecule has 1 saturated carbocycles. The Hall–Kier alpha value is -3.26. The molecule has 0 amide bonds. The van der Waals surface area contributed by atoms with Crippen LogP contribution in [0, 0.1) is 11.8 Å². The third-order valence-corrected chi connectivity index (χ3v) is 7.48. The molecule has 4 rings (SSSR count). The second kappa shape index (κ2) is 11.4. The number of hydrogen-bond donors (Lipinski definition) is 0. The van der Waals surface area contributed by atoms with Crippen LogP contribution in [-0.2, 0) is 23.9 Å². The molecule has 37 heavy (non-hydrogen) atoms. The first kappa shape index (κ1) is 26.8. The van der Waals surface area contributed by atoms with E-state index in [0.29, 0.717) is 29.2 Å². The third kappa shape index (κ3) is 5.12. The average Bonchev–Trinajstić information content (AvgIpc) is 2.88. The predicted octanol–water partition coefficient (Wildman–Crippen LogP) is 5.39. The summed E-state index contributed by atoms with van der Waals surface area (Å²) in [5.74, 6) is -3.84. The molecule has 2 aliphatic rings. The molecule has 2 aromatic rings. The number of ketones is 1. The van der Waals surface area contributed by atoms with E-state index in [-0.39, 0.29) is 19.0 Å². The number of rotatable bonds is 7. The number of methoxy groups -OCH3 is 1. The van der Waals surface area contributed by atoms with Gasteiger partial charge in [-0.05, 0) is 56.5 Å². The van der Waals surface area contributed by atoms with Crippen molar-refractivity contribution >= 4 is 39.4 Å². The van der Waals surface area contributed by atoms with Crippen molar-refractivity contribution in [3.05, 3.63) is 75.4 Å². The molecule has 0 radical (unpaired) electrons. The lowest BCUT2D eigenvalue weighted by Crippen LogP contribution is -2.48. The number of hydrogen-bond acceptors (Lipinski definition) is 7. The van der Waals surface area contributed by atoms with E-state index in [0.717, 1.165) is 15.6 Å². The van der Waals surface area contributed by atoms with Crippen molar-refractivity contribution in [3.63, 3.8) is 0 Å². The fourth-order valence-corrected chi connectivity index (χ4v) is 5.72. The van der Waals surface area contributed by atoms with Crippen LogP contribution >= 0.6 is 15.9 Å². The molecule has 194 valence electrons. The SMILES string of the molecule is CCOC(=O)C1=C(C)N=C2C[C@@H](c3ccccc3OC)[C@@H](C(=O)OCC)C(=O)C2[C@@H]1c1ccc(Br)cc1. The standard InChI is InChI=1S/C29H30BrNO6/c1-5-36-28(33)23-16(3)31-21-15-20(19-9-7-8-10-22(19)35-4)25(29(34)37-6-2)27(32)26(21)24(23)17-11-13-18(30)14-12-17/h7-14,20,24-26H,5-6,15H2,1-4H3/t20-,24+,25+,26?/m0/s1. The highest BCUT2D eigenvalue weighted by atomic mass is 79.9. The maximum absolute atomic E-state index is 14.3. The van der Waals surface area contributed by atoms with Crippen LogP contribution in [0.2, 0.25) is 0 Å². The van der Waals surface area contributed by atoms with Crippen molar-refractivity contribution in [1.82, 2.24) is 0 Å². The highest BCUT2D eigenvalue weighted by Crippen LogP contribution is 2.49. The molecule has 1 fully saturated rings. The van der Waals surface area contributed by atoms with Crippen molar-refractivity contribution in [2.24, 2.45) is 16.8 Å². The van der Waals surface area contributed by atoms with Gasteiger partial charge in [0.15, 0.2) is 5.78 Å². The monoisotopic (exact) mass is 567 g/mol. The number of allylic oxidation sites excluding steroid dienone is 1. The average molecular weight is 568 g/mol. The molecule has 1 unspecified atom stereocenters. The van der Waals surface area contributed by atoms with Crippen LogP contribution in [0.5, 0.6) is 5.75 Å². The number of carbonyl (C=O) groups is 3. The number of ether oxygens (including phenoxy) is 3. The highest BCUT2D eigenvalue weighted by Gasteiger charge is 2.53. The Labute approximate surface area is 225 Å². The summed E-state index contributed by atoms with van der Waals surface area (Å²) >= 11 is 3.46. The van der Waals surface area contributed by atoms with E-state index in [9.17, 15) is 14.4 Å². The van der Waals surface area contributed by atoms with Gasteiger partial charge in [0.1, 0.15) is 11.7 Å². The lowest BCUT2D eigenvalue weighted by atomic mass is 9.62. The fraction of sp³-hybridized carbons (Fsp3) is 0.379. The van der Waals surface area contributed by atoms with Gasteiger partial charge in [-0.2, -0.15) is 0 Å². The van der Waals surface area contributed by atoms with Crippen molar-refractivity contribution < 1.29 is 28.6 Å². The largest absolute Gasteiger partial charge is 0.496 e. The van der Waals surface area contributed by atoms with E-state index in [4.69, 9.17) is 19.2 Å². The van der Waals surface area contributed by atoms with Gasteiger partial charge in [-0.15, -0.1) is 0 Å². The Morgan fingerprint density at radius 1 is 1.00 bits per heavy atom. The molecule has 0 aromatic heterocycles. The maximum Gasteiger partial charge on any atom is 0.336 e. The summed E-state index contributed by atoms with van der Waals surface area (Å²) in [7, 11) is 1.56. The van der Waals surface area contributed by atoms with Gasteiger partial charge in [-0.1, -0.05) is 46.3 Å². The van der Waals surface area contributed by atoms with E-state index >= 15 is 0 Å². The summed E-state index contributed by atoms with van der Waals surface area (Å²) in [6, 6.07) is 14.9. The molecule has 1 heterocycles. The van der Waals surface area contributed by atoms with Crippen molar-refractivity contribution in [3.8, 4) is 5.75 Å². The van der Waals surface area contributed by atoms with Crippen LogP contribution < -0.4 is 4.74 Å². The van der Waals surface area contributed by atoms with Gasteiger partial charge < -0.3 is 14.2 Å². The van der Waals surface area contributed by atoms with Gasteiger partial charge in [0, 0.05) is 27.7 Å². The van der Waals surface area contributed by atoms with E-state index in [2.05, 4.69) is 15.9 Å². The van der Waals surface area contributed by atoms with Gasteiger partial charge in [-0.25, -0.2) is 4.79 Å². The highest BCUT2D eigenvalue weighted by molar-refractivity contribution is 9.10. The van der Waals surface area contributed by atoms with Crippen LogP contribution in [0.1, 0.15) is 50.2 Å². The normalized spacial score (nSPS) is 23.2. The second-order valence-corrected chi connectivity index (χ2v) is 9.93. The van der Waals surface area contributed by atoms with Crippen molar-refractivity contribution in [2.45, 2.75) is 39.0 Å². The number of esters is 2. The molecule has 1 aliphatic heterocycles. The molecule has 2 aromatic carbocycles. The fourth-order valence-electron chi connectivity index (χ4n) is 5.45. The van der Waals surface area contributed by atoms with Crippen molar-refractivity contribution in [2.75, 3.05) is 20.3 Å². The van der Waals surface area contributed by atoms with Crippen LogP contribution in [0.25, 0.3) is 0 Å². The Morgan fingerprint density at radius 2 is 1.68 bits per heavy atom. The van der Waals surface area contributed by atoms with Gasteiger partial charge in [0.25, 0.3) is 0 Å². The molecule has 0 bridgehead atoms. The Morgan fingerprint density at radius 3 is 2.32 bits per heavy atom. The number of Topliss-reactive ketones (excluding diaryl/α,β-unsaturated/α-hetero) is 1. The van der Waals surface area contributed by atoms with Crippen LogP contribution in [0.15, 0.2) is 69.3 Å². The number of aliphatic imine (C=N–C) groups is 1. The van der Waals surface area contributed by atoms with E-state index in [1.807, 2.05) is 48.5 Å². The Kier molecular flexibility index (Phi) is 8.27. The molecule has 0 saturated heterocycles. The minimum absolute atomic E-state index is 0.149. The third-order valence-electron chi connectivity index (χ3n) is 6.95. The topological polar surface area (TPSA) is 91.3 Å². The molecular weight excluding hydrogens is 538 g/mol. The first-order valence-electron chi connectivity index (χ1n) is 12.4. The minimum Gasteiger partial charge on any atom is -0.496 e. The zero-order valence-electron chi connectivity index (χ0n) is 21.3. The molecule has 1 aliphatic carbocycles. The molecule has 0 N–H and O–H groups in total. The second-order valence-electron chi connectivity index (χ2n) is 9.01. The van der Waals surface area contributed by atoms with Gasteiger partial charge in [0.2, 0.25) is 0 Å². The molecule has 4 atom stereocenters. The predicted molar refractivity (Wildman–Crippen MR) is 143 cm³/mol. The number of fused-ring (bicyclic) bond motifs is 1. The minimum atomic E-state index is -1.07. The first-order chi connectivity index (χ1) is 17.8. The molecule has 8 heteroatoms. The number of carbonyl (C=O) groups excluding carboxylic acids is 3. The first-order valence-corrected chi connectivity index (χ1v) is 13.2. The summed E-state index contributed by atoms with van der Waals surface area (Å²) in [5, 5.41) is 0. The van der Waals surface area contributed by atoms with Crippen LogP contribution in [0.3, 0.4) is 0 Å². The lowest BCUT2D eigenvalue weighted by molar-refractivity contribution is -0.153. The van der Waals surface area contributed by atoms with Crippen LogP contribution in [0.4, 0.5) is 0 Å². The van der Waals surface area contributed by atoms with E-state index in [1.165, 1.54) is 0 Å². The molecule has 0 spiro atoms. The van der Waals surface area contributed by atoms with E-state index < -0.39 is 35.6 Å². The Bertz CT molecular complexity index is 1270. The lowest BCUT2D eigenvalue weighted by Gasteiger charge is -2.41.